The SMILES string of the molecule is O=C(C1CC1C(=O)N1CCc2cn[nH]c2C1)N1CCc2cn[nH]c2C1. The fourth-order valence-corrected chi connectivity index (χ4v) is 4.02. The summed E-state index contributed by atoms with van der Waals surface area (Å²) in [6.45, 7) is 2.58. The highest BCUT2D eigenvalue weighted by molar-refractivity contribution is 5.92. The maximum absolute atomic E-state index is 12.8. The summed E-state index contributed by atoms with van der Waals surface area (Å²) in [5, 5.41) is 14.0. The predicted molar refractivity (Wildman–Crippen MR) is 87.0 cm³/mol. The number of aromatic nitrogens is 4. The number of carbonyl (C=O) groups is 2. The van der Waals surface area contributed by atoms with E-state index in [-0.39, 0.29) is 23.7 Å². The molecule has 2 N–H and O–H groups in total. The lowest BCUT2D eigenvalue weighted by Crippen LogP contribution is -2.40. The number of nitrogens with zero attached hydrogens (tertiary/aromatic N) is 4. The summed E-state index contributed by atoms with van der Waals surface area (Å²) in [7, 11) is 0. The number of hydrogen-bond acceptors (Lipinski definition) is 4. The molecule has 130 valence electrons. The molecular formula is C17H20N6O2. The van der Waals surface area contributed by atoms with Crippen molar-refractivity contribution in [3.05, 3.63) is 34.9 Å². The molecule has 0 aromatic carbocycles. The van der Waals surface area contributed by atoms with Gasteiger partial charge in [0.25, 0.3) is 0 Å². The topological polar surface area (TPSA) is 98.0 Å². The van der Waals surface area contributed by atoms with Crippen molar-refractivity contribution >= 4 is 11.8 Å². The molecule has 2 amide bonds. The molecule has 1 saturated carbocycles. The van der Waals surface area contributed by atoms with Gasteiger partial charge in [-0.05, 0) is 30.4 Å². The Morgan fingerprint density at radius 3 is 1.84 bits per heavy atom. The van der Waals surface area contributed by atoms with Crippen molar-refractivity contribution in [1.82, 2.24) is 30.2 Å². The Labute approximate surface area is 144 Å². The van der Waals surface area contributed by atoms with E-state index in [1.165, 1.54) is 11.1 Å². The Hall–Kier alpha value is -2.64. The first-order valence-corrected chi connectivity index (χ1v) is 8.80. The van der Waals surface area contributed by atoms with E-state index in [1.54, 1.807) is 0 Å². The van der Waals surface area contributed by atoms with Gasteiger partial charge in [-0.25, -0.2) is 0 Å². The zero-order valence-corrected chi connectivity index (χ0v) is 13.9. The van der Waals surface area contributed by atoms with E-state index in [4.69, 9.17) is 0 Å². The van der Waals surface area contributed by atoms with Crippen LogP contribution in [0.15, 0.2) is 12.4 Å². The average molecular weight is 340 g/mol. The summed E-state index contributed by atoms with van der Waals surface area (Å²) in [5.41, 5.74) is 4.42. The van der Waals surface area contributed by atoms with Crippen molar-refractivity contribution in [2.75, 3.05) is 13.1 Å². The standard InChI is InChI=1S/C17H20N6O2/c24-16(22-3-1-10-6-18-20-14(10)8-22)12-5-13(12)17(25)23-4-2-11-7-19-21-15(11)9-23/h6-7,12-13H,1-5,8-9H2,(H,18,20)(H,19,21). The fraction of sp³-hybridized carbons (Fsp3) is 0.529. The van der Waals surface area contributed by atoms with Gasteiger partial charge in [-0.3, -0.25) is 19.8 Å². The Morgan fingerprint density at radius 2 is 1.36 bits per heavy atom. The van der Waals surface area contributed by atoms with Gasteiger partial charge >= 0.3 is 0 Å². The van der Waals surface area contributed by atoms with Gasteiger partial charge in [0.15, 0.2) is 0 Å². The summed E-state index contributed by atoms with van der Waals surface area (Å²) in [5.74, 6) is -0.0871. The molecule has 8 nitrogen and oxygen atoms in total. The van der Waals surface area contributed by atoms with Crippen molar-refractivity contribution in [3.8, 4) is 0 Å². The second kappa shape index (κ2) is 5.44. The Kier molecular flexibility index (Phi) is 3.19. The maximum Gasteiger partial charge on any atom is 0.226 e. The molecule has 8 heteroatoms. The van der Waals surface area contributed by atoms with Crippen LogP contribution in [0.2, 0.25) is 0 Å². The molecule has 0 bridgehead atoms. The number of hydrogen-bond donors (Lipinski definition) is 2. The van der Waals surface area contributed by atoms with Gasteiger partial charge in [0.05, 0.1) is 48.7 Å². The van der Waals surface area contributed by atoms with Crippen LogP contribution < -0.4 is 0 Å². The molecule has 1 fully saturated rings. The molecule has 0 saturated heterocycles. The molecule has 3 aliphatic rings. The van der Waals surface area contributed by atoms with E-state index in [0.717, 1.165) is 24.2 Å². The molecule has 2 atom stereocenters. The third-order valence-electron chi connectivity index (χ3n) is 5.66. The molecule has 0 radical (unpaired) electrons. The van der Waals surface area contributed by atoms with Crippen LogP contribution in [0.3, 0.4) is 0 Å². The lowest BCUT2D eigenvalue weighted by atomic mass is 10.1. The summed E-state index contributed by atoms with van der Waals surface area (Å²) in [6.07, 6.45) is 6.01. The van der Waals surface area contributed by atoms with Crippen molar-refractivity contribution in [3.63, 3.8) is 0 Å². The van der Waals surface area contributed by atoms with Gasteiger partial charge in [-0.2, -0.15) is 10.2 Å². The number of carbonyl (C=O) groups excluding carboxylic acids is 2. The van der Waals surface area contributed by atoms with E-state index < -0.39 is 0 Å². The molecule has 2 unspecified atom stereocenters. The minimum Gasteiger partial charge on any atom is -0.336 e. The smallest absolute Gasteiger partial charge is 0.226 e. The molecule has 0 spiro atoms. The molecule has 5 rings (SSSR count). The van der Waals surface area contributed by atoms with E-state index in [1.807, 2.05) is 22.2 Å². The molecule has 2 aliphatic heterocycles. The van der Waals surface area contributed by atoms with Crippen molar-refractivity contribution in [2.45, 2.75) is 32.4 Å². The van der Waals surface area contributed by atoms with E-state index in [9.17, 15) is 9.59 Å². The fourth-order valence-electron chi connectivity index (χ4n) is 4.02. The minimum absolute atomic E-state index is 0.109. The molecule has 4 heterocycles. The molecular weight excluding hydrogens is 320 g/mol. The summed E-state index contributed by atoms with van der Waals surface area (Å²) < 4.78 is 0. The summed E-state index contributed by atoms with van der Waals surface area (Å²) in [6, 6.07) is 0. The van der Waals surface area contributed by atoms with Crippen LogP contribution in [-0.4, -0.2) is 55.1 Å². The number of H-pyrrole nitrogens is 2. The van der Waals surface area contributed by atoms with Crippen molar-refractivity contribution in [2.24, 2.45) is 11.8 Å². The van der Waals surface area contributed by atoms with Gasteiger partial charge in [0, 0.05) is 13.1 Å². The highest BCUT2D eigenvalue weighted by Gasteiger charge is 2.51. The summed E-state index contributed by atoms with van der Waals surface area (Å²) >= 11 is 0. The second-order valence-corrected chi connectivity index (χ2v) is 7.22. The highest BCUT2D eigenvalue weighted by atomic mass is 16.2. The van der Waals surface area contributed by atoms with Gasteiger partial charge in [0.1, 0.15) is 0 Å². The van der Waals surface area contributed by atoms with Crippen LogP contribution in [0.5, 0.6) is 0 Å². The van der Waals surface area contributed by atoms with Crippen LogP contribution in [0, 0.1) is 11.8 Å². The Morgan fingerprint density at radius 1 is 0.880 bits per heavy atom. The minimum atomic E-state index is -0.153. The van der Waals surface area contributed by atoms with E-state index in [2.05, 4.69) is 20.4 Å². The number of nitrogens with one attached hydrogen (secondary N) is 2. The quantitative estimate of drug-likeness (QED) is 0.818. The highest BCUT2D eigenvalue weighted by Crippen LogP contribution is 2.42. The zero-order valence-electron chi connectivity index (χ0n) is 13.9. The van der Waals surface area contributed by atoms with E-state index >= 15 is 0 Å². The van der Waals surface area contributed by atoms with Crippen LogP contribution in [0.4, 0.5) is 0 Å². The molecule has 1 aliphatic carbocycles. The third-order valence-corrected chi connectivity index (χ3v) is 5.66. The van der Waals surface area contributed by atoms with Crippen LogP contribution in [0.1, 0.15) is 28.9 Å². The van der Waals surface area contributed by atoms with Gasteiger partial charge < -0.3 is 9.80 Å². The van der Waals surface area contributed by atoms with Gasteiger partial charge in [-0.15, -0.1) is 0 Å². The lowest BCUT2D eigenvalue weighted by molar-refractivity contribution is -0.139. The lowest BCUT2D eigenvalue weighted by Gasteiger charge is -2.28. The molecule has 2 aromatic rings. The van der Waals surface area contributed by atoms with E-state index in [0.29, 0.717) is 32.6 Å². The third kappa shape index (κ3) is 2.43. The number of amides is 2. The van der Waals surface area contributed by atoms with Crippen molar-refractivity contribution in [1.29, 1.82) is 0 Å². The van der Waals surface area contributed by atoms with Gasteiger partial charge in [-0.1, -0.05) is 0 Å². The van der Waals surface area contributed by atoms with Crippen molar-refractivity contribution < 1.29 is 9.59 Å². The Bertz CT molecular complexity index is 772. The first-order valence-electron chi connectivity index (χ1n) is 8.80. The first-order chi connectivity index (χ1) is 12.2. The maximum atomic E-state index is 12.8. The van der Waals surface area contributed by atoms with Crippen LogP contribution in [-0.2, 0) is 35.5 Å². The molecule has 2 aromatic heterocycles. The van der Waals surface area contributed by atoms with Crippen LogP contribution >= 0.6 is 0 Å². The number of rotatable bonds is 2. The number of aromatic amines is 2. The normalized spacial score (nSPS) is 24.6. The monoisotopic (exact) mass is 340 g/mol. The summed E-state index contributed by atoms with van der Waals surface area (Å²) in [4.78, 5) is 29.2. The second-order valence-electron chi connectivity index (χ2n) is 7.22. The first kappa shape index (κ1) is 14.7. The predicted octanol–water partition coefficient (Wildman–Crippen LogP) is 0.239. The largest absolute Gasteiger partial charge is 0.336 e. The number of fused-ring (bicyclic) bond motifs is 2. The molecule has 25 heavy (non-hydrogen) atoms. The Balaban J connectivity index is 1.22. The van der Waals surface area contributed by atoms with Gasteiger partial charge in [0.2, 0.25) is 11.8 Å². The average Bonchev–Trinajstić information content (AvgIpc) is 3.06. The zero-order chi connectivity index (χ0) is 17.0. The van der Waals surface area contributed by atoms with Crippen LogP contribution in [0.25, 0.3) is 0 Å².